The third-order valence-electron chi connectivity index (χ3n) is 5.31. The Hall–Kier alpha value is -1.73. The first-order valence-electron chi connectivity index (χ1n) is 11.7. The van der Waals surface area contributed by atoms with E-state index in [0.29, 0.717) is 6.42 Å². The van der Waals surface area contributed by atoms with E-state index in [1.165, 1.54) is 57.8 Å². The molecule has 0 aromatic carbocycles. The van der Waals surface area contributed by atoms with Crippen LogP contribution in [0.4, 0.5) is 4.79 Å². The molecule has 1 heterocycles. The van der Waals surface area contributed by atoms with E-state index in [0.717, 1.165) is 25.7 Å². The molecule has 2 amide bonds. The lowest BCUT2D eigenvalue weighted by atomic mass is 10.1. The van der Waals surface area contributed by atoms with Crippen molar-refractivity contribution in [3.8, 4) is 0 Å². The minimum atomic E-state index is -1.92. The third kappa shape index (κ3) is 10.9. The van der Waals surface area contributed by atoms with Gasteiger partial charge in [0.1, 0.15) is 4.81 Å². The predicted octanol–water partition coefficient (Wildman–Crippen LogP) is 6.15. The zero-order valence-electron chi connectivity index (χ0n) is 18.6. The lowest BCUT2D eigenvalue weighted by molar-refractivity contribution is -1.12. The summed E-state index contributed by atoms with van der Waals surface area (Å²) in [5.74, 6) is -1.71. The van der Waals surface area contributed by atoms with Crippen LogP contribution < -0.4 is 0 Å². The van der Waals surface area contributed by atoms with E-state index >= 15 is 0 Å². The van der Waals surface area contributed by atoms with Crippen molar-refractivity contribution in [1.29, 1.82) is 0 Å². The largest absolute Gasteiger partial charge is 0.564 e. The molecule has 0 bridgehead atoms. The van der Waals surface area contributed by atoms with Gasteiger partial charge in [0.15, 0.2) is 0 Å². The first-order valence-corrected chi connectivity index (χ1v) is 11.7. The highest BCUT2D eigenvalue weighted by molar-refractivity contribution is 5.90. The highest BCUT2D eigenvalue weighted by atomic mass is 17.0. The highest BCUT2D eigenvalue weighted by Crippen LogP contribution is 2.21. The number of ether oxygens (including phenoxy) is 1. The Balaban J connectivity index is 1.87. The van der Waals surface area contributed by atoms with Crippen LogP contribution in [0.2, 0.25) is 0 Å². The smallest absolute Gasteiger partial charge is 0.431 e. The van der Waals surface area contributed by atoms with Crippen LogP contribution in [0.25, 0.3) is 0 Å². The minimum Gasteiger partial charge on any atom is -0.431 e. The van der Waals surface area contributed by atoms with Crippen molar-refractivity contribution in [3.63, 3.8) is 0 Å². The van der Waals surface area contributed by atoms with E-state index in [1.807, 2.05) is 0 Å². The van der Waals surface area contributed by atoms with Crippen LogP contribution >= 0.6 is 0 Å². The van der Waals surface area contributed by atoms with Crippen molar-refractivity contribution >= 4 is 18.0 Å². The van der Waals surface area contributed by atoms with Gasteiger partial charge < -0.3 is 4.74 Å². The molecule has 0 aromatic heterocycles. The fourth-order valence-corrected chi connectivity index (χ4v) is 3.40. The summed E-state index contributed by atoms with van der Waals surface area (Å²) < 4.78 is 4.83. The van der Waals surface area contributed by atoms with E-state index in [2.05, 4.69) is 23.9 Å². The van der Waals surface area contributed by atoms with Crippen LogP contribution in [0.15, 0.2) is 12.2 Å². The van der Waals surface area contributed by atoms with E-state index in [1.54, 1.807) is 0 Å². The number of rotatable bonds is 17. The number of unbranched alkanes of at least 4 members (excludes halogenated alkanes) is 12. The summed E-state index contributed by atoms with van der Waals surface area (Å²) in [6, 6.07) is 0. The molecule has 1 fully saturated rings. The molecule has 30 heavy (non-hydrogen) atoms. The summed E-state index contributed by atoms with van der Waals surface area (Å²) in [4.78, 5) is 37.0. The van der Waals surface area contributed by atoms with Gasteiger partial charge in [-0.1, -0.05) is 76.9 Å². The average molecular weight is 427 g/mol. The lowest BCUT2D eigenvalue weighted by Gasteiger charge is -2.14. The summed E-state index contributed by atoms with van der Waals surface area (Å²) in [7, 11) is 0. The lowest BCUT2D eigenvalue weighted by Crippen LogP contribution is -2.50. The normalized spacial score (nSPS) is 15.8. The molecule has 1 saturated heterocycles. The van der Waals surface area contributed by atoms with Gasteiger partial charge in [0, 0.05) is 0 Å². The van der Waals surface area contributed by atoms with Crippen molar-refractivity contribution in [3.05, 3.63) is 12.2 Å². The number of nitrogens with zero attached hydrogens (tertiary/aromatic N) is 1. The Morgan fingerprint density at radius 3 is 1.83 bits per heavy atom. The summed E-state index contributed by atoms with van der Waals surface area (Å²) >= 11 is 0. The maximum atomic E-state index is 11.5. The van der Waals surface area contributed by atoms with Gasteiger partial charge in [0.2, 0.25) is 0 Å². The summed E-state index contributed by atoms with van der Waals surface area (Å²) in [6.45, 7) is 2.39. The second-order valence-electron chi connectivity index (χ2n) is 7.99. The maximum Gasteiger partial charge on any atom is 0.564 e. The SMILES string of the molecule is CCCCCCCCC=CCCCCCCCCOC(=O)O[N+]1(O)C(=O)CCC1=O. The van der Waals surface area contributed by atoms with Crippen LogP contribution in [0.3, 0.4) is 0 Å². The van der Waals surface area contributed by atoms with Crippen LogP contribution in [0.1, 0.15) is 110 Å². The molecule has 0 unspecified atom stereocenters. The van der Waals surface area contributed by atoms with Gasteiger partial charge in [-0.3, -0.25) is 0 Å². The van der Waals surface area contributed by atoms with E-state index in [4.69, 9.17) is 4.74 Å². The minimum absolute atomic E-state index is 0.141. The molecule has 0 spiro atoms. The Kier molecular flexibility index (Phi) is 14.1. The second kappa shape index (κ2) is 16.0. The zero-order valence-corrected chi connectivity index (χ0v) is 18.6. The number of allylic oxidation sites excluding steroid dienone is 2. The van der Waals surface area contributed by atoms with Crippen LogP contribution in [0, 0.1) is 0 Å². The molecular weight excluding hydrogens is 386 g/mol. The topological polar surface area (TPSA) is 89.9 Å². The van der Waals surface area contributed by atoms with Crippen LogP contribution in [0.5, 0.6) is 0 Å². The number of amides is 2. The Labute approximate surface area is 180 Å². The zero-order chi connectivity index (χ0) is 22.1. The Morgan fingerprint density at radius 2 is 1.30 bits per heavy atom. The van der Waals surface area contributed by atoms with E-state index in [-0.39, 0.29) is 19.4 Å². The third-order valence-corrected chi connectivity index (χ3v) is 5.31. The second-order valence-corrected chi connectivity index (χ2v) is 7.99. The van der Waals surface area contributed by atoms with Gasteiger partial charge in [0.05, 0.1) is 19.4 Å². The number of imide groups is 1. The fourth-order valence-electron chi connectivity index (χ4n) is 3.40. The number of carbonyl (C=O) groups is 3. The van der Waals surface area contributed by atoms with Crippen molar-refractivity contribution in [2.75, 3.05) is 6.61 Å². The van der Waals surface area contributed by atoms with E-state index in [9.17, 15) is 19.6 Å². The Morgan fingerprint density at radius 1 is 0.833 bits per heavy atom. The summed E-state index contributed by atoms with van der Waals surface area (Å²) in [5.41, 5.74) is 0. The number of hydrogen-bond donors (Lipinski definition) is 1. The van der Waals surface area contributed by atoms with Crippen molar-refractivity contribution in [1.82, 2.24) is 0 Å². The standard InChI is InChI=1S/C23H40NO6/c1-2-3-4-5-6-7-8-9-10-11-12-13-14-15-16-17-20-29-23(27)30-24(28)21(25)18-19-22(24)26/h9-10,28H,2-8,11-20H2,1H3/q+1. The molecule has 1 N–H and O–H groups in total. The molecule has 0 aromatic rings. The van der Waals surface area contributed by atoms with Crippen molar-refractivity contribution < 1.29 is 34.0 Å². The molecule has 172 valence electrons. The summed E-state index contributed by atoms with van der Waals surface area (Å²) in [6.07, 6.45) is 19.8. The van der Waals surface area contributed by atoms with Gasteiger partial charge in [-0.2, -0.15) is 14.8 Å². The molecule has 0 radical (unpaired) electrons. The highest BCUT2D eigenvalue weighted by Gasteiger charge is 2.56. The molecule has 0 saturated carbocycles. The number of carbonyl (C=O) groups excluding carboxylic acids is 3. The van der Waals surface area contributed by atoms with E-state index < -0.39 is 22.8 Å². The quantitative estimate of drug-likeness (QED) is 0.0749. The molecule has 0 aliphatic carbocycles. The average Bonchev–Trinajstić information content (AvgIpc) is 2.97. The fraction of sp³-hybridized carbons (Fsp3) is 0.783. The van der Waals surface area contributed by atoms with Gasteiger partial charge in [-0.05, 0) is 32.1 Å². The molecule has 7 heteroatoms. The molecular formula is C23H40NO6+. The van der Waals surface area contributed by atoms with Crippen LogP contribution in [-0.2, 0) is 19.2 Å². The molecule has 0 atom stereocenters. The first kappa shape index (κ1) is 26.3. The maximum absolute atomic E-state index is 11.5. The van der Waals surface area contributed by atoms with Gasteiger partial charge >= 0.3 is 18.0 Å². The summed E-state index contributed by atoms with van der Waals surface area (Å²) in [5, 5.41) is 9.75. The van der Waals surface area contributed by atoms with Gasteiger partial charge in [-0.15, -0.1) is 0 Å². The number of quaternary nitrogens is 1. The number of hydroxylamine groups is 4. The number of hydrogen-bond acceptors (Lipinski definition) is 6. The van der Waals surface area contributed by atoms with Gasteiger partial charge in [0.25, 0.3) is 0 Å². The van der Waals surface area contributed by atoms with Crippen molar-refractivity contribution in [2.24, 2.45) is 0 Å². The molecule has 1 aliphatic heterocycles. The monoisotopic (exact) mass is 426 g/mol. The van der Waals surface area contributed by atoms with Crippen molar-refractivity contribution in [2.45, 2.75) is 110 Å². The van der Waals surface area contributed by atoms with Crippen LogP contribution in [-0.4, -0.2) is 34.6 Å². The van der Waals surface area contributed by atoms with Gasteiger partial charge in [-0.25, -0.2) is 9.59 Å². The Bertz CT molecular complexity index is 530. The molecule has 1 aliphatic rings. The predicted molar refractivity (Wildman–Crippen MR) is 113 cm³/mol. The first-order chi connectivity index (χ1) is 14.5. The molecule has 7 nitrogen and oxygen atoms in total. The molecule has 1 rings (SSSR count).